The number of carbonyl (C=O) groups is 2. The lowest BCUT2D eigenvalue weighted by atomic mass is 9.79. The summed E-state index contributed by atoms with van der Waals surface area (Å²) >= 11 is 0. The summed E-state index contributed by atoms with van der Waals surface area (Å²) < 4.78 is 64.5. The van der Waals surface area contributed by atoms with E-state index >= 15 is 0 Å². The number of nitrogens with zero attached hydrogens (tertiary/aromatic N) is 1. The second-order valence-corrected chi connectivity index (χ2v) is 20.7. The van der Waals surface area contributed by atoms with Crippen molar-refractivity contribution in [1.29, 1.82) is 0 Å². The molecule has 4 aliphatic heterocycles. The molecule has 3 fully saturated rings. The Morgan fingerprint density at radius 1 is 0.800 bits per heavy atom. The number of ketones is 1. The van der Waals surface area contributed by atoms with Crippen LogP contribution in [-0.2, 0) is 61.7 Å². The molecule has 0 saturated carbocycles. The van der Waals surface area contributed by atoms with E-state index in [0.717, 1.165) is 12.2 Å². The van der Waals surface area contributed by atoms with Gasteiger partial charge < -0.3 is 97.7 Å². The van der Waals surface area contributed by atoms with Crippen LogP contribution in [0.25, 0.3) is 0 Å². The van der Waals surface area contributed by atoms with Crippen molar-refractivity contribution in [1.82, 2.24) is 0 Å². The van der Waals surface area contributed by atoms with E-state index in [1.54, 1.807) is 41.5 Å². The molecule has 4 rings (SSSR count). The van der Waals surface area contributed by atoms with E-state index in [2.05, 4.69) is 0 Å². The number of cyclic esters (lactones) is 1. The fourth-order valence-electron chi connectivity index (χ4n) is 10.4. The highest BCUT2D eigenvalue weighted by molar-refractivity contribution is 5.91. The van der Waals surface area contributed by atoms with Crippen molar-refractivity contribution in [2.75, 3.05) is 49.1 Å². The van der Waals surface area contributed by atoms with Crippen LogP contribution >= 0.6 is 0 Å². The SMILES string of the molecule is CC[C@H]1OC(=O)C[C@@H](O)[C@H](C)[C@@H](O[C@@H]2O[C@H](C)[C@@H](O[C@H]3C[C@@](C)(O)[C@@H](O)[C@H](C)O3)[C@H]([N+](C)(C)[O-])[C@H]2O)[C@@H](CC(OC)OC)C[C@@H](C)C(=O)/C=C/C(C)(O)C(O)C1CO[C@@H]1O[C@H](C)[C@@H](O)[C@@H](OC)[C@H]1OC. The first-order chi connectivity index (χ1) is 32.6. The van der Waals surface area contributed by atoms with Gasteiger partial charge in [-0.2, -0.15) is 0 Å². The number of carbonyl (C=O) groups excluding carboxylic acids is 2. The Morgan fingerprint density at radius 2 is 1.41 bits per heavy atom. The van der Waals surface area contributed by atoms with Crippen LogP contribution < -0.4 is 0 Å². The van der Waals surface area contributed by atoms with Gasteiger partial charge in [-0.1, -0.05) is 20.8 Å². The molecule has 408 valence electrons. The van der Waals surface area contributed by atoms with E-state index in [1.165, 1.54) is 56.4 Å². The van der Waals surface area contributed by atoms with Crippen molar-refractivity contribution >= 4 is 11.8 Å². The maximum Gasteiger partial charge on any atom is 0.308 e. The Balaban J connectivity index is 1.73. The standard InChI is InChI=1S/C48H85NO21/c1-15-32-29(22-64-46-42(63-14)41(62-13)37(53)25(4)66-46)44(56)47(7,57)17-16-30(50)23(2)18-28(19-34(60-11)61-12)39(24(3)31(51)20-33(52)68-32)70-45-38(54)36(49(9,10)59)40(26(5)67-45)69-35-21-48(8,58)43(55)27(6)65-35/h16-17,23-29,31-32,34-46,51,53-58H,15,18-22H2,1-14H3/b17-16+/t23-,24+,25-,26-,27+,28-,29?,31-,32-,35+,36-,37-,38-,39-,40-,41-,42-,43+,44?,45+,46-,47?,48-/m1/s1. The van der Waals surface area contributed by atoms with Gasteiger partial charge in [0.05, 0.1) is 69.3 Å². The van der Waals surface area contributed by atoms with E-state index in [1.807, 2.05) is 0 Å². The summed E-state index contributed by atoms with van der Waals surface area (Å²) in [7, 11) is 8.27. The van der Waals surface area contributed by atoms with Crippen molar-refractivity contribution < 1.29 is 102 Å². The second kappa shape index (κ2) is 25.6. The van der Waals surface area contributed by atoms with E-state index in [4.69, 9.17) is 52.1 Å². The molecule has 0 amide bonds. The fraction of sp³-hybridized carbons (Fsp3) is 0.917. The maximum atomic E-state index is 14.1. The van der Waals surface area contributed by atoms with Crippen LogP contribution in [0.3, 0.4) is 0 Å². The zero-order chi connectivity index (χ0) is 52.8. The molecule has 22 nitrogen and oxygen atoms in total. The quantitative estimate of drug-likeness (QED) is 0.0507. The number of rotatable bonds is 15. The molecule has 4 aliphatic rings. The van der Waals surface area contributed by atoms with E-state index in [9.17, 15) is 50.5 Å². The van der Waals surface area contributed by atoms with Gasteiger partial charge in [-0.05, 0) is 65.5 Å². The van der Waals surface area contributed by atoms with E-state index < -0.39 is 168 Å². The van der Waals surface area contributed by atoms with Crippen LogP contribution in [0.5, 0.6) is 0 Å². The molecule has 0 aromatic carbocycles. The number of aliphatic hydroxyl groups is 7. The minimum atomic E-state index is -2.11. The van der Waals surface area contributed by atoms with Crippen LogP contribution in [0.4, 0.5) is 0 Å². The van der Waals surface area contributed by atoms with Gasteiger partial charge >= 0.3 is 5.97 Å². The highest BCUT2D eigenvalue weighted by atomic mass is 16.7. The number of allylic oxidation sites excluding steroid dienone is 1. The Labute approximate surface area is 412 Å². The lowest BCUT2D eigenvalue weighted by Gasteiger charge is -2.54. The lowest BCUT2D eigenvalue weighted by molar-refractivity contribution is -0.879. The van der Waals surface area contributed by atoms with Crippen LogP contribution in [0.15, 0.2) is 12.2 Å². The molecule has 0 aromatic rings. The van der Waals surface area contributed by atoms with Gasteiger partial charge in [0.2, 0.25) is 0 Å². The van der Waals surface area contributed by atoms with E-state index in [0.29, 0.717) is 0 Å². The second-order valence-electron chi connectivity index (χ2n) is 20.7. The normalized spacial score (nSPS) is 45.9. The van der Waals surface area contributed by atoms with Gasteiger partial charge in [-0.15, -0.1) is 0 Å². The molecule has 3 saturated heterocycles. The van der Waals surface area contributed by atoms with Gasteiger partial charge in [0.25, 0.3) is 0 Å². The lowest BCUT2D eigenvalue weighted by Crippen LogP contribution is -2.69. The molecule has 0 radical (unpaired) electrons. The topological polar surface area (TPSA) is 300 Å². The molecule has 4 heterocycles. The molecule has 0 spiro atoms. The van der Waals surface area contributed by atoms with Gasteiger partial charge in [0.15, 0.2) is 37.0 Å². The fourth-order valence-corrected chi connectivity index (χ4v) is 10.4. The highest BCUT2D eigenvalue weighted by Gasteiger charge is 2.55. The summed E-state index contributed by atoms with van der Waals surface area (Å²) in [5.41, 5.74) is -3.70. The van der Waals surface area contributed by atoms with Crippen LogP contribution in [0.2, 0.25) is 0 Å². The maximum absolute atomic E-state index is 14.1. The molecule has 70 heavy (non-hydrogen) atoms. The Hall–Kier alpha value is -1.88. The van der Waals surface area contributed by atoms with Crippen LogP contribution in [0, 0.1) is 28.9 Å². The van der Waals surface area contributed by atoms with Gasteiger partial charge in [0.1, 0.15) is 48.3 Å². The Bertz CT molecular complexity index is 1660. The smallest absolute Gasteiger partial charge is 0.308 e. The summed E-state index contributed by atoms with van der Waals surface area (Å²) in [5.74, 6) is -5.05. The number of quaternary nitrogens is 1. The molecule has 0 aliphatic carbocycles. The zero-order valence-corrected chi connectivity index (χ0v) is 43.4. The predicted molar refractivity (Wildman–Crippen MR) is 247 cm³/mol. The van der Waals surface area contributed by atoms with Gasteiger partial charge in [-0.3, -0.25) is 9.59 Å². The summed E-state index contributed by atoms with van der Waals surface area (Å²) in [6, 6.07) is -1.28. The third-order valence-corrected chi connectivity index (χ3v) is 14.8. The van der Waals surface area contributed by atoms with Crippen LogP contribution in [0.1, 0.15) is 87.5 Å². The van der Waals surface area contributed by atoms with Crippen molar-refractivity contribution in [3.63, 3.8) is 0 Å². The molecule has 23 atom stereocenters. The van der Waals surface area contributed by atoms with Crippen molar-refractivity contribution in [3.05, 3.63) is 17.4 Å². The van der Waals surface area contributed by atoms with E-state index in [-0.39, 0.29) is 32.3 Å². The summed E-state index contributed by atoms with van der Waals surface area (Å²) in [6.07, 6.45) is -17.8. The average Bonchev–Trinajstić information content (AvgIpc) is 3.28. The van der Waals surface area contributed by atoms with Crippen molar-refractivity contribution in [2.24, 2.45) is 23.7 Å². The molecular formula is C48H85NO21. The first kappa shape index (κ1) is 60.7. The van der Waals surface area contributed by atoms with Crippen molar-refractivity contribution in [2.45, 2.75) is 209 Å². The third-order valence-electron chi connectivity index (χ3n) is 14.8. The Morgan fingerprint density at radius 3 is 1.97 bits per heavy atom. The summed E-state index contributed by atoms with van der Waals surface area (Å²) in [6.45, 7) is 12.1. The zero-order valence-electron chi connectivity index (χ0n) is 43.4. The molecular weight excluding hydrogens is 927 g/mol. The number of likely N-dealkylation sites (N-methyl/N-ethyl adjacent to an activating group) is 1. The first-order valence-corrected chi connectivity index (χ1v) is 24.4. The third kappa shape index (κ3) is 14.7. The average molecular weight is 1010 g/mol. The molecule has 0 aromatic heterocycles. The number of methoxy groups -OCH3 is 4. The summed E-state index contributed by atoms with van der Waals surface area (Å²) in [4.78, 5) is 28.1. The van der Waals surface area contributed by atoms with Crippen molar-refractivity contribution in [3.8, 4) is 0 Å². The minimum absolute atomic E-state index is 0.0366. The number of ether oxygens (including phenoxy) is 11. The number of aliphatic hydroxyl groups excluding tert-OH is 5. The molecule has 0 bridgehead atoms. The molecule has 22 heteroatoms. The summed E-state index contributed by atoms with van der Waals surface area (Å²) in [5, 5.41) is 94.1. The first-order valence-electron chi connectivity index (χ1n) is 24.4. The molecule has 7 N–H and O–H groups in total. The minimum Gasteiger partial charge on any atom is -0.633 e. The Kier molecular flexibility index (Phi) is 22.2. The molecule has 3 unspecified atom stereocenters. The number of hydroxylamine groups is 3. The number of hydrogen-bond acceptors (Lipinski definition) is 21. The monoisotopic (exact) mass is 1010 g/mol. The number of hydrogen-bond donors (Lipinski definition) is 7. The van der Waals surface area contributed by atoms with Gasteiger partial charge in [0, 0.05) is 59.0 Å². The predicted octanol–water partition coefficient (Wildman–Crippen LogP) is 0.432. The highest BCUT2D eigenvalue weighted by Crippen LogP contribution is 2.39. The number of esters is 1. The largest absolute Gasteiger partial charge is 0.633 e. The van der Waals surface area contributed by atoms with Gasteiger partial charge in [-0.25, -0.2) is 0 Å². The van der Waals surface area contributed by atoms with Crippen LogP contribution in [-0.4, -0.2) is 223 Å².